The largest absolute Gasteiger partial charge is 0.355 e. The summed E-state index contributed by atoms with van der Waals surface area (Å²) in [6.45, 7) is 5.30. The van der Waals surface area contributed by atoms with Crippen LogP contribution in [0.1, 0.15) is 13.8 Å². The van der Waals surface area contributed by atoms with Crippen LogP contribution in [-0.2, 0) is 0 Å². The Bertz CT molecular complexity index is 431. The molecule has 1 heterocycles. The van der Waals surface area contributed by atoms with Gasteiger partial charge in [0.25, 0.3) is 0 Å². The molecule has 0 radical (unpaired) electrons. The van der Waals surface area contributed by atoms with E-state index in [9.17, 15) is 0 Å². The van der Waals surface area contributed by atoms with Crippen LogP contribution in [-0.4, -0.2) is 16.1 Å². The summed E-state index contributed by atoms with van der Waals surface area (Å²) in [5.74, 6) is 1.51. The van der Waals surface area contributed by atoms with E-state index >= 15 is 0 Å². The van der Waals surface area contributed by atoms with Crippen molar-refractivity contribution in [2.45, 2.75) is 13.8 Å². The first-order valence-electron chi connectivity index (χ1n) is 5.60. The van der Waals surface area contributed by atoms with Gasteiger partial charge in [-0.05, 0) is 18.1 Å². The fourth-order valence-corrected chi connectivity index (χ4v) is 1.53. The number of hydrogen-bond acceptors (Lipinski definition) is 2. The van der Waals surface area contributed by atoms with Gasteiger partial charge in [-0.25, -0.2) is 4.98 Å². The Morgan fingerprint density at radius 2 is 2.00 bits per heavy atom. The second kappa shape index (κ2) is 4.84. The molecule has 2 rings (SSSR count). The van der Waals surface area contributed by atoms with E-state index in [2.05, 4.69) is 40.8 Å². The Labute approximate surface area is 96.1 Å². The molecule has 2 aromatic rings. The molecule has 0 saturated heterocycles. The molecule has 0 spiro atoms. The van der Waals surface area contributed by atoms with E-state index < -0.39 is 0 Å². The summed E-state index contributed by atoms with van der Waals surface area (Å²) in [5, 5.41) is 3.34. The van der Waals surface area contributed by atoms with Crippen molar-refractivity contribution < 1.29 is 0 Å². The Morgan fingerprint density at radius 3 is 2.69 bits per heavy atom. The molecule has 3 heteroatoms. The predicted molar refractivity (Wildman–Crippen MR) is 66.9 cm³/mol. The first kappa shape index (κ1) is 10.7. The maximum absolute atomic E-state index is 4.32. The van der Waals surface area contributed by atoms with Crippen LogP contribution in [0.25, 0.3) is 5.69 Å². The first-order chi connectivity index (χ1) is 7.77. The quantitative estimate of drug-likeness (QED) is 0.849. The summed E-state index contributed by atoms with van der Waals surface area (Å²) in [4.78, 5) is 4.32. The zero-order valence-corrected chi connectivity index (χ0v) is 9.72. The van der Waals surface area contributed by atoms with Gasteiger partial charge >= 0.3 is 0 Å². The van der Waals surface area contributed by atoms with E-state index in [0.717, 1.165) is 18.2 Å². The van der Waals surface area contributed by atoms with Crippen LogP contribution in [0.15, 0.2) is 42.7 Å². The monoisotopic (exact) mass is 215 g/mol. The van der Waals surface area contributed by atoms with Gasteiger partial charge in [-0.2, -0.15) is 0 Å². The maximum Gasteiger partial charge on any atom is 0.207 e. The molecule has 0 amide bonds. The van der Waals surface area contributed by atoms with E-state index in [1.807, 2.05) is 30.6 Å². The van der Waals surface area contributed by atoms with Gasteiger partial charge in [0.05, 0.1) is 0 Å². The lowest BCUT2D eigenvalue weighted by Gasteiger charge is -2.11. The number of hydrogen-bond donors (Lipinski definition) is 1. The van der Waals surface area contributed by atoms with Crippen LogP contribution >= 0.6 is 0 Å². The number of benzene rings is 1. The molecule has 0 bridgehead atoms. The Balaban J connectivity index is 2.19. The van der Waals surface area contributed by atoms with Gasteiger partial charge in [0.2, 0.25) is 5.95 Å². The van der Waals surface area contributed by atoms with E-state index in [1.54, 1.807) is 0 Å². The smallest absolute Gasteiger partial charge is 0.207 e. The summed E-state index contributed by atoms with van der Waals surface area (Å²) in [6, 6.07) is 10.2. The summed E-state index contributed by atoms with van der Waals surface area (Å²) in [7, 11) is 0. The van der Waals surface area contributed by atoms with Gasteiger partial charge in [-0.3, -0.25) is 4.57 Å². The third-order valence-corrected chi connectivity index (χ3v) is 2.34. The predicted octanol–water partition coefficient (Wildman–Crippen LogP) is 2.94. The lowest BCUT2D eigenvalue weighted by Crippen LogP contribution is -2.11. The zero-order valence-electron chi connectivity index (χ0n) is 9.72. The van der Waals surface area contributed by atoms with E-state index in [-0.39, 0.29) is 0 Å². The van der Waals surface area contributed by atoms with Gasteiger partial charge < -0.3 is 5.32 Å². The maximum atomic E-state index is 4.32. The van der Waals surface area contributed by atoms with Crippen molar-refractivity contribution in [2.75, 3.05) is 11.9 Å². The van der Waals surface area contributed by atoms with Crippen LogP contribution in [0.5, 0.6) is 0 Å². The molecule has 1 aromatic heterocycles. The van der Waals surface area contributed by atoms with Crippen LogP contribution < -0.4 is 5.32 Å². The summed E-state index contributed by atoms with van der Waals surface area (Å²) < 4.78 is 2.06. The average molecular weight is 215 g/mol. The van der Waals surface area contributed by atoms with Crippen LogP contribution in [0.2, 0.25) is 0 Å². The minimum absolute atomic E-state index is 0.612. The van der Waals surface area contributed by atoms with Gasteiger partial charge in [0, 0.05) is 24.6 Å². The highest BCUT2D eigenvalue weighted by molar-refractivity contribution is 5.41. The Hall–Kier alpha value is -1.77. The second-order valence-electron chi connectivity index (χ2n) is 4.23. The second-order valence-corrected chi connectivity index (χ2v) is 4.23. The lowest BCUT2D eigenvalue weighted by molar-refractivity contribution is 0.683. The van der Waals surface area contributed by atoms with E-state index in [1.165, 1.54) is 0 Å². The lowest BCUT2D eigenvalue weighted by atomic mass is 10.2. The highest BCUT2D eigenvalue weighted by Gasteiger charge is 2.04. The molecule has 1 N–H and O–H groups in total. The minimum atomic E-state index is 0.612. The molecule has 84 valence electrons. The average Bonchev–Trinajstić information content (AvgIpc) is 2.75. The van der Waals surface area contributed by atoms with Gasteiger partial charge in [0.15, 0.2) is 0 Å². The number of para-hydroxylation sites is 1. The number of anilines is 1. The molecule has 3 nitrogen and oxygen atoms in total. The summed E-state index contributed by atoms with van der Waals surface area (Å²) in [5.41, 5.74) is 1.13. The number of rotatable bonds is 4. The van der Waals surface area contributed by atoms with Gasteiger partial charge in [0.1, 0.15) is 0 Å². The summed E-state index contributed by atoms with van der Waals surface area (Å²) >= 11 is 0. The van der Waals surface area contributed by atoms with E-state index in [4.69, 9.17) is 0 Å². The normalized spacial score (nSPS) is 10.7. The van der Waals surface area contributed by atoms with Gasteiger partial charge in [-0.15, -0.1) is 0 Å². The molecule has 0 unspecified atom stereocenters. The topological polar surface area (TPSA) is 29.9 Å². The molecule has 0 aliphatic heterocycles. The van der Waals surface area contributed by atoms with Crippen molar-refractivity contribution in [1.82, 2.24) is 9.55 Å². The minimum Gasteiger partial charge on any atom is -0.355 e. The fourth-order valence-electron chi connectivity index (χ4n) is 1.53. The van der Waals surface area contributed by atoms with Crippen LogP contribution in [0.4, 0.5) is 5.95 Å². The molecular weight excluding hydrogens is 198 g/mol. The third-order valence-electron chi connectivity index (χ3n) is 2.34. The highest BCUT2D eigenvalue weighted by Crippen LogP contribution is 2.13. The molecule has 0 aliphatic carbocycles. The van der Waals surface area contributed by atoms with E-state index in [0.29, 0.717) is 5.92 Å². The number of imidazole rings is 1. The zero-order chi connectivity index (χ0) is 11.4. The Kier molecular flexibility index (Phi) is 3.25. The number of nitrogens with zero attached hydrogens (tertiary/aromatic N) is 2. The van der Waals surface area contributed by atoms with Crippen molar-refractivity contribution >= 4 is 5.95 Å². The third kappa shape index (κ3) is 2.42. The molecule has 16 heavy (non-hydrogen) atoms. The van der Waals surface area contributed by atoms with Crippen molar-refractivity contribution in [1.29, 1.82) is 0 Å². The standard InChI is InChI=1S/C13H17N3/c1-11(2)10-15-13-14-8-9-16(13)12-6-4-3-5-7-12/h3-9,11H,10H2,1-2H3,(H,14,15). The summed E-state index contributed by atoms with van der Waals surface area (Å²) in [6.07, 6.45) is 3.79. The molecular formula is C13H17N3. The number of aromatic nitrogens is 2. The SMILES string of the molecule is CC(C)CNc1nccn1-c1ccccc1. The van der Waals surface area contributed by atoms with Crippen LogP contribution in [0.3, 0.4) is 0 Å². The highest BCUT2D eigenvalue weighted by atomic mass is 15.2. The molecule has 0 fully saturated rings. The molecule has 0 atom stereocenters. The molecule has 0 saturated carbocycles. The van der Waals surface area contributed by atoms with Gasteiger partial charge in [-0.1, -0.05) is 32.0 Å². The Morgan fingerprint density at radius 1 is 1.25 bits per heavy atom. The van der Waals surface area contributed by atoms with Crippen molar-refractivity contribution in [3.05, 3.63) is 42.7 Å². The molecule has 1 aromatic carbocycles. The molecule has 0 aliphatic rings. The van der Waals surface area contributed by atoms with Crippen molar-refractivity contribution in [3.63, 3.8) is 0 Å². The number of nitrogens with one attached hydrogen (secondary N) is 1. The van der Waals surface area contributed by atoms with Crippen molar-refractivity contribution in [3.8, 4) is 5.69 Å². The van der Waals surface area contributed by atoms with Crippen molar-refractivity contribution in [2.24, 2.45) is 5.92 Å². The fraction of sp³-hybridized carbons (Fsp3) is 0.308. The first-order valence-corrected chi connectivity index (χ1v) is 5.60. The van der Waals surface area contributed by atoms with Crippen LogP contribution in [0, 0.1) is 5.92 Å².